The highest BCUT2D eigenvalue weighted by molar-refractivity contribution is 7.09. The molecule has 17 heavy (non-hydrogen) atoms. The Kier molecular flexibility index (Phi) is 4.34. The average molecular weight is 268 g/mol. The summed E-state index contributed by atoms with van der Waals surface area (Å²) >= 11 is 7.53. The molecule has 0 bridgehead atoms. The number of halogens is 1. The molecule has 0 saturated heterocycles. The molecule has 90 valence electrons. The van der Waals surface area contributed by atoms with Crippen molar-refractivity contribution in [3.63, 3.8) is 0 Å². The Bertz CT molecular complexity index is 484. The van der Waals surface area contributed by atoms with Crippen LogP contribution in [0.1, 0.15) is 17.6 Å². The van der Waals surface area contributed by atoms with Crippen molar-refractivity contribution in [2.75, 3.05) is 11.9 Å². The van der Waals surface area contributed by atoms with Gasteiger partial charge in [0.15, 0.2) is 0 Å². The van der Waals surface area contributed by atoms with E-state index in [1.54, 1.807) is 17.5 Å². The van der Waals surface area contributed by atoms with Crippen LogP contribution in [0, 0.1) is 0 Å². The second-order valence-corrected chi connectivity index (χ2v) is 4.96. The van der Waals surface area contributed by atoms with Gasteiger partial charge in [0.1, 0.15) is 5.15 Å². The first kappa shape index (κ1) is 12.3. The number of hydrogen-bond acceptors (Lipinski definition) is 4. The van der Waals surface area contributed by atoms with Crippen LogP contribution in [0.25, 0.3) is 0 Å². The molecule has 2 aromatic heterocycles. The van der Waals surface area contributed by atoms with Crippen LogP contribution >= 0.6 is 22.9 Å². The lowest BCUT2D eigenvalue weighted by Crippen LogP contribution is -2.05. The molecule has 2 heterocycles. The fourth-order valence-corrected chi connectivity index (χ4v) is 2.43. The fraction of sp³-hybridized carbons (Fsp3) is 0.333. The van der Waals surface area contributed by atoms with E-state index in [1.165, 1.54) is 5.01 Å². The Labute approximate surface area is 110 Å². The molecule has 0 aliphatic rings. The van der Waals surface area contributed by atoms with E-state index >= 15 is 0 Å². The third kappa shape index (κ3) is 3.68. The van der Waals surface area contributed by atoms with E-state index in [-0.39, 0.29) is 0 Å². The molecule has 0 fully saturated rings. The topological polar surface area (TPSA) is 37.8 Å². The van der Waals surface area contributed by atoms with Gasteiger partial charge in [0.05, 0.1) is 10.7 Å². The Morgan fingerprint density at radius 3 is 3.06 bits per heavy atom. The first-order chi connectivity index (χ1) is 8.28. The van der Waals surface area contributed by atoms with Crippen molar-refractivity contribution in [3.05, 3.63) is 39.6 Å². The van der Waals surface area contributed by atoms with Gasteiger partial charge in [-0.1, -0.05) is 18.5 Å². The first-order valence-corrected chi connectivity index (χ1v) is 6.82. The number of rotatable bonds is 5. The molecule has 2 rings (SSSR count). The molecular weight excluding hydrogens is 254 g/mol. The average Bonchev–Trinajstić information content (AvgIpc) is 2.77. The minimum absolute atomic E-state index is 0.511. The van der Waals surface area contributed by atoms with Crippen LogP contribution in [-0.2, 0) is 12.8 Å². The van der Waals surface area contributed by atoms with Gasteiger partial charge in [0.2, 0.25) is 0 Å². The molecular formula is C12H14ClN3S. The number of anilines is 1. The summed E-state index contributed by atoms with van der Waals surface area (Å²) < 4.78 is 0. The molecule has 0 spiro atoms. The maximum Gasteiger partial charge on any atom is 0.131 e. The van der Waals surface area contributed by atoms with Crippen LogP contribution in [0.15, 0.2) is 23.7 Å². The van der Waals surface area contributed by atoms with Crippen molar-refractivity contribution in [3.8, 4) is 0 Å². The molecule has 0 amide bonds. The smallest absolute Gasteiger partial charge is 0.131 e. The predicted octanol–water partition coefficient (Wildman–Crippen LogP) is 3.41. The summed E-state index contributed by atoms with van der Waals surface area (Å²) in [6.45, 7) is 2.98. The lowest BCUT2D eigenvalue weighted by Gasteiger charge is -2.04. The van der Waals surface area contributed by atoms with E-state index < -0.39 is 0 Å². The Morgan fingerprint density at radius 2 is 2.35 bits per heavy atom. The van der Waals surface area contributed by atoms with Gasteiger partial charge in [-0.3, -0.25) is 0 Å². The molecule has 0 saturated carbocycles. The van der Waals surface area contributed by atoms with Gasteiger partial charge in [-0.2, -0.15) is 0 Å². The predicted molar refractivity (Wildman–Crippen MR) is 72.9 cm³/mol. The van der Waals surface area contributed by atoms with Crippen LogP contribution in [0.3, 0.4) is 0 Å². The van der Waals surface area contributed by atoms with Crippen LogP contribution in [0.5, 0.6) is 0 Å². The molecule has 0 aliphatic carbocycles. The van der Waals surface area contributed by atoms with E-state index in [1.807, 2.05) is 12.1 Å². The van der Waals surface area contributed by atoms with Crippen LogP contribution in [-0.4, -0.2) is 16.5 Å². The van der Waals surface area contributed by atoms with Gasteiger partial charge in [-0.25, -0.2) is 9.97 Å². The molecule has 0 aliphatic heterocycles. The van der Waals surface area contributed by atoms with Gasteiger partial charge < -0.3 is 5.32 Å². The van der Waals surface area contributed by atoms with Gasteiger partial charge in [-0.05, 0) is 18.6 Å². The monoisotopic (exact) mass is 267 g/mol. The van der Waals surface area contributed by atoms with Crippen molar-refractivity contribution in [2.24, 2.45) is 0 Å². The Balaban J connectivity index is 1.83. The van der Waals surface area contributed by atoms with Crippen molar-refractivity contribution < 1.29 is 0 Å². The highest BCUT2D eigenvalue weighted by atomic mass is 35.5. The third-order valence-corrected chi connectivity index (χ3v) is 3.59. The number of nitrogens with zero attached hydrogens (tertiary/aromatic N) is 2. The molecule has 2 aromatic rings. The summed E-state index contributed by atoms with van der Waals surface area (Å²) in [4.78, 5) is 8.45. The quantitative estimate of drug-likeness (QED) is 0.844. The third-order valence-electron chi connectivity index (χ3n) is 2.34. The van der Waals surface area contributed by atoms with Gasteiger partial charge in [0.25, 0.3) is 0 Å². The second-order valence-electron chi connectivity index (χ2n) is 3.63. The Hall–Kier alpha value is -1.13. The molecule has 0 aromatic carbocycles. The number of hydrogen-bond donors (Lipinski definition) is 1. The lowest BCUT2D eigenvalue weighted by molar-refractivity contribution is 0.951. The van der Waals surface area contributed by atoms with Crippen molar-refractivity contribution in [1.29, 1.82) is 0 Å². The largest absolute Gasteiger partial charge is 0.385 e. The highest BCUT2D eigenvalue weighted by Crippen LogP contribution is 2.13. The van der Waals surface area contributed by atoms with Crippen LogP contribution < -0.4 is 5.32 Å². The fourth-order valence-electron chi connectivity index (χ4n) is 1.47. The summed E-state index contributed by atoms with van der Waals surface area (Å²) in [7, 11) is 0. The zero-order valence-corrected chi connectivity index (χ0v) is 11.2. The summed E-state index contributed by atoms with van der Waals surface area (Å²) in [5.74, 6) is 0. The summed E-state index contributed by atoms with van der Waals surface area (Å²) in [5, 5.41) is 7.14. The lowest BCUT2D eigenvalue weighted by atomic mass is 10.3. The summed E-state index contributed by atoms with van der Waals surface area (Å²) in [6, 6.07) is 3.73. The van der Waals surface area contributed by atoms with E-state index in [0.717, 1.165) is 30.8 Å². The van der Waals surface area contributed by atoms with Crippen LogP contribution in [0.4, 0.5) is 5.69 Å². The first-order valence-electron chi connectivity index (χ1n) is 5.56. The van der Waals surface area contributed by atoms with E-state index in [9.17, 15) is 0 Å². The number of pyridine rings is 1. The molecule has 0 unspecified atom stereocenters. The molecule has 0 radical (unpaired) electrons. The molecule has 5 heteroatoms. The number of aromatic nitrogens is 2. The SMILES string of the molecule is CCc1nc(CCNc2ccnc(Cl)c2)cs1. The van der Waals surface area contributed by atoms with Gasteiger partial charge in [-0.15, -0.1) is 11.3 Å². The molecule has 3 nitrogen and oxygen atoms in total. The van der Waals surface area contributed by atoms with E-state index in [0.29, 0.717) is 5.15 Å². The second kappa shape index (κ2) is 5.98. The van der Waals surface area contributed by atoms with E-state index in [4.69, 9.17) is 11.6 Å². The minimum Gasteiger partial charge on any atom is -0.385 e. The van der Waals surface area contributed by atoms with E-state index in [2.05, 4.69) is 27.6 Å². The highest BCUT2D eigenvalue weighted by Gasteiger charge is 2.00. The Morgan fingerprint density at radius 1 is 1.47 bits per heavy atom. The van der Waals surface area contributed by atoms with Crippen molar-refractivity contribution in [1.82, 2.24) is 9.97 Å². The number of aryl methyl sites for hydroxylation is 1. The molecule has 0 atom stereocenters. The number of nitrogens with one attached hydrogen (secondary N) is 1. The molecule has 1 N–H and O–H groups in total. The standard InChI is InChI=1S/C12H14ClN3S/c1-2-12-16-10(8-17-12)4-5-14-9-3-6-15-11(13)7-9/h3,6-8H,2,4-5H2,1H3,(H,14,15). The summed E-state index contributed by atoms with van der Waals surface area (Å²) in [6.07, 6.45) is 3.64. The van der Waals surface area contributed by atoms with Gasteiger partial charge in [0, 0.05) is 30.2 Å². The van der Waals surface area contributed by atoms with Crippen molar-refractivity contribution >= 4 is 28.6 Å². The zero-order chi connectivity index (χ0) is 12.1. The van der Waals surface area contributed by atoms with Crippen molar-refractivity contribution in [2.45, 2.75) is 19.8 Å². The number of thiazole rings is 1. The normalized spacial score (nSPS) is 10.5. The minimum atomic E-state index is 0.511. The zero-order valence-electron chi connectivity index (χ0n) is 9.61. The van der Waals surface area contributed by atoms with Gasteiger partial charge >= 0.3 is 0 Å². The maximum atomic E-state index is 5.80. The maximum absolute atomic E-state index is 5.80. The van der Waals surface area contributed by atoms with Crippen LogP contribution in [0.2, 0.25) is 5.15 Å². The summed E-state index contributed by atoms with van der Waals surface area (Å²) in [5.41, 5.74) is 2.15.